The molecule has 1 aliphatic heterocycles. The van der Waals surface area contributed by atoms with Crippen molar-refractivity contribution in [1.82, 2.24) is 15.2 Å². The number of rotatable bonds is 7. The number of hydrogen-bond acceptors (Lipinski definition) is 4. The Morgan fingerprint density at radius 3 is 2.95 bits per heavy atom. The Balaban J connectivity index is 2.07. The van der Waals surface area contributed by atoms with E-state index in [2.05, 4.69) is 54.1 Å². The molecule has 4 nitrogen and oxygen atoms in total. The number of nitrogens with zero attached hydrogens (tertiary/aromatic N) is 3. The molecule has 1 aromatic heterocycles. The first-order chi connectivity index (χ1) is 10.1. The van der Waals surface area contributed by atoms with E-state index in [1.807, 2.05) is 12.3 Å². The number of nitrogens with one attached hydrogen (secondary N) is 1. The highest BCUT2D eigenvalue weighted by molar-refractivity contribution is 5.48. The third kappa shape index (κ3) is 4.68. The van der Waals surface area contributed by atoms with Crippen molar-refractivity contribution in [3.8, 4) is 0 Å². The van der Waals surface area contributed by atoms with Crippen molar-refractivity contribution in [2.75, 3.05) is 38.6 Å². The van der Waals surface area contributed by atoms with Crippen LogP contribution in [0.5, 0.6) is 0 Å². The average molecular weight is 290 g/mol. The first-order valence-corrected chi connectivity index (χ1v) is 8.14. The minimum absolute atomic E-state index is 0.596. The molecule has 0 bridgehead atoms. The molecule has 0 amide bonds. The summed E-state index contributed by atoms with van der Waals surface area (Å²) in [4.78, 5) is 9.47. The predicted octanol–water partition coefficient (Wildman–Crippen LogP) is 2.36. The minimum atomic E-state index is 0.596. The third-order valence-corrected chi connectivity index (χ3v) is 3.96. The molecule has 0 saturated carbocycles. The summed E-state index contributed by atoms with van der Waals surface area (Å²) in [7, 11) is 4.31. The molecule has 1 aliphatic rings. The fourth-order valence-electron chi connectivity index (χ4n) is 3.05. The smallest absolute Gasteiger partial charge is 0.133 e. The molecule has 0 aliphatic carbocycles. The standard InChI is InChI=1S/C17H30N4/c1-14(2)11-18-12-15-7-5-9-19-17(15)21-10-6-8-16(21)13-20(3)4/h5,7,9,14,16,18H,6,8,10-13H2,1-4H3. The van der Waals surface area contributed by atoms with Gasteiger partial charge >= 0.3 is 0 Å². The van der Waals surface area contributed by atoms with E-state index in [0.717, 1.165) is 26.2 Å². The van der Waals surface area contributed by atoms with Gasteiger partial charge in [0.05, 0.1) is 0 Å². The van der Waals surface area contributed by atoms with E-state index in [1.165, 1.54) is 24.2 Å². The molecule has 0 radical (unpaired) electrons. The van der Waals surface area contributed by atoms with Crippen LogP contribution in [0.15, 0.2) is 18.3 Å². The zero-order valence-corrected chi connectivity index (χ0v) is 14.0. The van der Waals surface area contributed by atoms with Crippen molar-refractivity contribution in [2.24, 2.45) is 5.92 Å². The summed E-state index contributed by atoms with van der Waals surface area (Å²) in [5.74, 6) is 1.86. The Morgan fingerprint density at radius 2 is 2.24 bits per heavy atom. The first-order valence-electron chi connectivity index (χ1n) is 8.14. The number of likely N-dealkylation sites (N-methyl/N-ethyl adjacent to an activating group) is 1. The molecule has 1 N–H and O–H groups in total. The first kappa shape index (κ1) is 16.2. The molecule has 0 spiro atoms. The monoisotopic (exact) mass is 290 g/mol. The van der Waals surface area contributed by atoms with E-state index < -0.39 is 0 Å². The van der Waals surface area contributed by atoms with E-state index in [-0.39, 0.29) is 0 Å². The highest BCUT2D eigenvalue weighted by atomic mass is 15.3. The average Bonchev–Trinajstić information content (AvgIpc) is 2.86. The van der Waals surface area contributed by atoms with E-state index in [9.17, 15) is 0 Å². The Hall–Kier alpha value is -1.13. The SMILES string of the molecule is CC(C)CNCc1cccnc1N1CCCC1CN(C)C. The van der Waals surface area contributed by atoms with Crippen LogP contribution in [0.1, 0.15) is 32.3 Å². The van der Waals surface area contributed by atoms with Crippen LogP contribution in [0.2, 0.25) is 0 Å². The summed E-state index contributed by atoms with van der Waals surface area (Å²) in [6, 6.07) is 4.85. The maximum atomic E-state index is 4.68. The van der Waals surface area contributed by atoms with E-state index >= 15 is 0 Å². The van der Waals surface area contributed by atoms with Crippen LogP contribution in [-0.2, 0) is 6.54 Å². The molecule has 2 heterocycles. The lowest BCUT2D eigenvalue weighted by Crippen LogP contribution is -2.38. The molecular formula is C17H30N4. The predicted molar refractivity (Wildman–Crippen MR) is 89.7 cm³/mol. The van der Waals surface area contributed by atoms with Crippen molar-refractivity contribution in [1.29, 1.82) is 0 Å². The maximum absolute atomic E-state index is 4.68. The largest absolute Gasteiger partial charge is 0.352 e. The number of anilines is 1. The summed E-state index contributed by atoms with van der Waals surface area (Å²) in [6.45, 7) is 8.68. The van der Waals surface area contributed by atoms with Crippen molar-refractivity contribution in [2.45, 2.75) is 39.3 Å². The second-order valence-corrected chi connectivity index (χ2v) is 6.76. The van der Waals surface area contributed by atoms with Gasteiger partial charge in [0.25, 0.3) is 0 Å². The van der Waals surface area contributed by atoms with Crippen molar-refractivity contribution in [3.05, 3.63) is 23.9 Å². The minimum Gasteiger partial charge on any atom is -0.352 e. The van der Waals surface area contributed by atoms with Gasteiger partial charge in [0.15, 0.2) is 0 Å². The molecule has 118 valence electrons. The van der Waals surface area contributed by atoms with Crippen molar-refractivity contribution < 1.29 is 0 Å². The van der Waals surface area contributed by atoms with Gasteiger partial charge in [-0.15, -0.1) is 0 Å². The molecule has 4 heteroatoms. The molecule has 0 aromatic carbocycles. The number of hydrogen-bond donors (Lipinski definition) is 1. The second kappa shape index (κ2) is 7.76. The second-order valence-electron chi connectivity index (χ2n) is 6.76. The van der Waals surface area contributed by atoms with Gasteiger partial charge in [-0.1, -0.05) is 19.9 Å². The van der Waals surface area contributed by atoms with Gasteiger partial charge in [-0.3, -0.25) is 0 Å². The van der Waals surface area contributed by atoms with Crippen LogP contribution >= 0.6 is 0 Å². The quantitative estimate of drug-likeness (QED) is 0.835. The van der Waals surface area contributed by atoms with Crippen LogP contribution < -0.4 is 10.2 Å². The van der Waals surface area contributed by atoms with Crippen molar-refractivity contribution >= 4 is 5.82 Å². The summed E-state index contributed by atoms with van der Waals surface area (Å²) < 4.78 is 0. The van der Waals surface area contributed by atoms with Crippen molar-refractivity contribution in [3.63, 3.8) is 0 Å². The van der Waals surface area contributed by atoms with E-state index in [4.69, 9.17) is 0 Å². The molecular weight excluding hydrogens is 260 g/mol. The lowest BCUT2D eigenvalue weighted by molar-refractivity contribution is 0.371. The van der Waals surface area contributed by atoms with Crippen LogP contribution in [0.3, 0.4) is 0 Å². The summed E-state index contributed by atoms with van der Waals surface area (Å²) in [6.07, 6.45) is 4.47. The zero-order valence-electron chi connectivity index (χ0n) is 14.0. The Morgan fingerprint density at radius 1 is 1.43 bits per heavy atom. The van der Waals surface area contributed by atoms with Crippen LogP contribution in [0, 0.1) is 5.92 Å². The number of aromatic nitrogens is 1. The van der Waals surface area contributed by atoms with Gasteiger partial charge in [-0.2, -0.15) is 0 Å². The van der Waals surface area contributed by atoms with Crippen LogP contribution in [0.25, 0.3) is 0 Å². The fraction of sp³-hybridized carbons (Fsp3) is 0.706. The molecule has 1 saturated heterocycles. The van der Waals surface area contributed by atoms with Gasteiger partial charge in [-0.05, 0) is 45.5 Å². The highest BCUT2D eigenvalue weighted by Gasteiger charge is 2.27. The lowest BCUT2D eigenvalue weighted by atomic mass is 10.1. The lowest BCUT2D eigenvalue weighted by Gasteiger charge is -2.29. The van der Waals surface area contributed by atoms with Crippen LogP contribution in [0.4, 0.5) is 5.82 Å². The molecule has 2 rings (SSSR count). The molecule has 1 fully saturated rings. The molecule has 1 unspecified atom stereocenters. The summed E-state index contributed by atoms with van der Waals surface area (Å²) >= 11 is 0. The Bertz CT molecular complexity index is 431. The fourth-order valence-corrected chi connectivity index (χ4v) is 3.05. The zero-order chi connectivity index (χ0) is 15.2. The topological polar surface area (TPSA) is 31.4 Å². The third-order valence-electron chi connectivity index (χ3n) is 3.96. The highest BCUT2D eigenvalue weighted by Crippen LogP contribution is 2.27. The Kier molecular flexibility index (Phi) is 6.00. The summed E-state index contributed by atoms with van der Waals surface area (Å²) in [5, 5.41) is 3.54. The van der Waals surface area contributed by atoms with Crippen LogP contribution in [-0.4, -0.2) is 49.7 Å². The van der Waals surface area contributed by atoms with E-state index in [0.29, 0.717) is 12.0 Å². The van der Waals surface area contributed by atoms with Gasteiger partial charge in [-0.25, -0.2) is 4.98 Å². The normalized spacial score (nSPS) is 19.0. The molecule has 1 aromatic rings. The Labute approximate surface area is 129 Å². The van der Waals surface area contributed by atoms with Gasteiger partial charge in [0.2, 0.25) is 0 Å². The summed E-state index contributed by atoms with van der Waals surface area (Å²) in [5.41, 5.74) is 1.32. The van der Waals surface area contributed by atoms with Gasteiger partial charge < -0.3 is 15.1 Å². The molecule has 21 heavy (non-hydrogen) atoms. The van der Waals surface area contributed by atoms with Gasteiger partial charge in [0.1, 0.15) is 5.82 Å². The number of pyridine rings is 1. The van der Waals surface area contributed by atoms with Gasteiger partial charge in [0, 0.05) is 37.4 Å². The maximum Gasteiger partial charge on any atom is 0.133 e. The molecule has 1 atom stereocenters. The van der Waals surface area contributed by atoms with E-state index in [1.54, 1.807) is 0 Å².